The van der Waals surface area contributed by atoms with Crippen LogP contribution < -0.4 is 5.32 Å². The molecule has 1 saturated carbocycles. The molecule has 0 aromatic heterocycles. The summed E-state index contributed by atoms with van der Waals surface area (Å²) < 4.78 is 22.9. The standard InChI is InChI=1S/C16H30N2O3S/c1-18(15-9-11-22(20,21)13-15)12-16(19)17-10-5-8-14-6-3-2-4-7-14/h14-15H,2-13H2,1H3,(H,17,19). The van der Waals surface area contributed by atoms with Crippen LogP contribution in [0.1, 0.15) is 51.4 Å². The predicted octanol–water partition coefficient (Wildman–Crippen LogP) is 1.58. The Morgan fingerprint density at radius 3 is 2.55 bits per heavy atom. The molecule has 1 atom stereocenters. The van der Waals surface area contributed by atoms with Crippen molar-refractivity contribution in [2.45, 2.75) is 57.4 Å². The highest BCUT2D eigenvalue weighted by molar-refractivity contribution is 7.91. The lowest BCUT2D eigenvalue weighted by atomic mass is 9.86. The van der Waals surface area contributed by atoms with Crippen LogP contribution in [-0.4, -0.2) is 56.9 Å². The van der Waals surface area contributed by atoms with E-state index < -0.39 is 9.84 Å². The fraction of sp³-hybridized carbons (Fsp3) is 0.938. The van der Waals surface area contributed by atoms with E-state index in [2.05, 4.69) is 5.32 Å². The van der Waals surface area contributed by atoms with E-state index in [0.717, 1.165) is 18.9 Å². The minimum atomic E-state index is -2.88. The van der Waals surface area contributed by atoms with Gasteiger partial charge in [0, 0.05) is 12.6 Å². The molecule has 1 N–H and O–H groups in total. The number of carbonyl (C=O) groups is 1. The summed E-state index contributed by atoms with van der Waals surface area (Å²) in [5.41, 5.74) is 0. The van der Waals surface area contributed by atoms with Crippen molar-refractivity contribution in [2.75, 3.05) is 31.6 Å². The quantitative estimate of drug-likeness (QED) is 0.720. The first-order valence-corrected chi connectivity index (χ1v) is 10.5. The molecule has 128 valence electrons. The Balaban J connectivity index is 1.57. The van der Waals surface area contributed by atoms with Gasteiger partial charge in [-0.2, -0.15) is 0 Å². The molecule has 0 spiro atoms. The van der Waals surface area contributed by atoms with Crippen LogP contribution in [0.15, 0.2) is 0 Å². The summed E-state index contributed by atoms with van der Waals surface area (Å²) in [4.78, 5) is 13.8. The third-order valence-electron chi connectivity index (χ3n) is 5.06. The second-order valence-electron chi connectivity index (χ2n) is 6.97. The number of likely N-dealkylation sites (N-methyl/N-ethyl adjacent to an activating group) is 1. The monoisotopic (exact) mass is 330 g/mol. The molecule has 2 aliphatic rings. The van der Waals surface area contributed by atoms with Gasteiger partial charge < -0.3 is 5.32 Å². The third-order valence-corrected chi connectivity index (χ3v) is 6.81. The van der Waals surface area contributed by atoms with E-state index >= 15 is 0 Å². The molecule has 1 amide bonds. The van der Waals surface area contributed by atoms with Crippen molar-refractivity contribution < 1.29 is 13.2 Å². The number of nitrogens with zero attached hydrogens (tertiary/aromatic N) is 1. The van der Waals surface area contributed by atoms with Crippen molar-refractivity contribution >= 4 is 15.7 Å². The number of carbonyl (C=O) groups excluding carboxylic acids is 1. The lowest BCUT2D eigenvalue weighted by Gasteiger charge is -2.23. The number of rotatable bonds is 7. The maximum atomic E-state index is 11.9. The smallest absolute Gasteiger partial charge is 0.234 e. The number of sulfone groups is 1. The second-order valence-corrected chi connectivity index (χ2v) is 9.20. The Labute approximate surface area is 134 Å². The zero-order valence-corrected chi connectivity index (χ0v) is 14.5. The van der Waals surface area contributed by atoms with Gasteiger partial charge in [0.1, 0.15) is 0 Å². The zero-order chi connectivity index (χ0) is 16.0. The molecule has 1 aliphatic heterocycles. The first-order chi connectivity index (χ1) is 10.5. The van der Waals surface area contributed by atoms with Crippen LogP contribution in [0, 0.1) is 5.92 Å². The average Bonchev–Trinajstić information content (AvgIpc) is 2.85. The van der Waals surface area contributed by atoms with E-state index in [1.807, 2.05) is 11.9 Å². The molecule has 6 heteroatoms. The van der Waals surface area contributed by atoms with Crippen molar-refractivity contribution in [3.8, 4) is 0 Å². The minimum Gasteiger partial charge on any atom is -0.355 e. The summed E-state index contributed by atoms with van der Waals surface area (Å²) in [5, 5.41) is 2.97. The highest BCUT2D eigenvalue weighted by Gasteiger charge is 2.31. The van der Waals surface area contributed by atoms with Gasteiger partial charge in [0.15, 0.2) is 9.84 Å². The van der Waals surface area contributed by atoms with Crippen LogP contribution in [0.5, 0.6) is 0 Å². The summed E-state index contributed by atoms with van der Waals surface area (Å²) in [6, 6.07) is -0.00186. The Morgan fingerprint density at radius 2 is 1.91 bits per heavy atom. The maximum absolute atomic E-state index is 11.9. The molecule has 0 bridgehead atoms. The van der Waals surface area contributed by atoms with E-state index in [1.165, 1.54) is 38.5 Å². The number of hydrogen-bond donors (Lipinski definition) is 1. The van der Waals surface area contributed by atoms with Gasteiger partial charge in [-0.1, -0.05) is 32.1 Å². The number of amides is 1. The van der Waals surface area contributed by atoms with E-state index in [4.69, 9.17) is 0 Å². The molecule has 2 rings (SSSR count). The maximum Gasteiger partial charge on any atom is 0.234 e. The van der Waals surface area contributed by atoms with Crippen molar-refractivity contribution in [1.29, 1.82) is 0 Å². The molecule has 1 aliphatic carbocycles. The van der Waals surface area contributed by atoms with Gasteiger partial charge in [-0.15, -0.1) is 0 Å². The molecule has 1 heterocycles. The predicted molar refractivity (Wildman–Crippen MR) is 88.5 cm³/mol. The fourth-order valence-corrected chi connectivity index (χ4v) is 5.43. The van der Waals surface area contributed by atoms with Crippen LogP contribution in [-0.2, 0) is 14.6 Å². The summed E-state index contributed by atoms with van der Waals surface area (Å²) in [6.45, 7) is 1.04. The SMILES string of the molecule is CN(CC(=O)NCCCC1CCCCC1)C1CCS(=O)(=O)C1. The molecule has 0 radical (unpaired) electrons. The average molecular weight is 330 g/mol. The van der Waals surface area contributed by atoms with Gasteiger partial charge in [-0.3, -0.25) is 9.69 Å². The van der Waals surface area contributed by atoms with Gasteiger partial charge in [-0.05, 0) is 32.2 Å². The van der Waals surface area contributed by atoms with Crippen LogP contribution in [0.25, 0.3) is 0 Å². The fourth-order valence-electron chi connectivity index (χ4n) is 3.63. The third kappa shape index (κ3) is 5.88. The molecule has 1 unspecified atom stereocenters. The van der Waals surface area contributed by atoms with Gasteiger partial charge in [-0.25, -0.2) is 8.42 Å². The largest absolute Gasteiger partial charge is 0.355 e. The lowest BCUT2D eigenvalue weighted by molar-refractivity contribution is -0.122. The summed E-state index contributed by atoms with van der Waals surface area (Å²) in [6.07, 6.45) is 9.75. The highest BCUT2D eigenvalue weighted by Crippen LogP contribution is 2.26. The van der Waals surface area contributed by atoms with Crippen molar-refractivity contribution in [3.05, 3.63) is 0 Å². The van der Waals surface area contributed by atoms with Crippen molar-refractivity contribution in [3.63, 3.8) is 0 Å². The van der Waals surface area contributed by atoms with Gasteiger partial charge in [0.25, 0.3) is 0 Å². The Bertz CT molecular complexity index is 458. The van der Waals surface area contributed by atoms with Gasteiger partial charge in [0.05, 0.1) is 18.1 Å². The lowest BCUT2D eigenvalue weighted by Crippen LogP contribution is -2.41. The molecule has 5 nitrogen and oxygen atoms in total. The first-order valence-electron chi connectivity index (χ1n) is 8.63. The Kier molecular flexibility index (Phi) is 6.68. The molecule has 22 heavy (non-hydrogen) atoms. The Morgan fingerprint density at radius 1 is 1.18 bits per heavy atom. The molecule has 1 saturated heterocycles. The first kappa shape index (κ1) is 17.7. The van der Waals surface area contributed by atoms with Crippen molar-refractivity contribution in [2.24, 2.45) is 5.92 Å². The summed E-state index contributed by atoms with van der Waals surface area (Å²) in [5.74, 6) is 1.32. The summed E-state index contributed by atoms with van der Waals surface area (Å²) in [7, 11) is -1.04. The normalized spacial score (nSPS) is 25.5. The van der Waals surface area contributed by atoms with Crippen LogP contribution in [0.2, 0.25) is 0 Å². The minimum absolute atomic E-state index is 0.00186. The van der Waals surface area contributed by atoms with Gasteiger partial charge >= 0.3 is 0 Å². The van der Waals surface area contributed by atoms with E-state index in [9.17, 15) is 13.2 Å². The number of nitrogens with one attached hydrogen (secondary N) is 1. The van der Waals surface area contributed by atoms with Crippen LogP contribution in [0.3, 0.4) is 0 Å². The molecular formula is C16H30N2O3S. The Hall–Kier alpha value is -0.620. The van der Waals surface area contributed by atoms with E-state index in [-0.39, 0.29) is 23.5 Å². The topological polar surface area (TPSA) is 66.5 Å². The van der Waals surface area contributed by atoms with Gasteiger partial charge in [0.2, 0.25) is 5.91 Å². The second kappa shape index (κ2) is 8.29. The zero-order valence-electron chi connectivity index (χ0n) is 13.7. The molecular weight excluding hydrogens is 300 g/mol. The van der Waals surface area contributed by atoms with E-state index in [1.54, 1.807) is 0 Å². The molecule has 0 aromatic carbocycles. The molecule has 2 fully saturated rings. The van der Waals surface area contributed by atoms with Crippen LogP contribution in [0.4, 0.5) is 0 Å². The summed E-state index contributed by atoms with van der Waals surface area (Å²) >= 11 is 0. The van der Waals surface area contributed by atoms with E-state index in [0.29, 0.717) is 13.0 Å². The van der Waals surface area contributed by atoms with Crippen LogP contribution >= 0.6 is 0 Å². The highest BCUT2D eigenvalue weighted by atomic mass is 32.2. The molecule has 0 aromatic rings. The van der Waals surface area contributed by atoms with Crippen molar-refractivity contribution in [1.82, 2.24) is 10.2 Å². The number of hydrogen-bond acceptors (Lipinski definition) is 4.